The summed E-state index contributed by atoms with van der Waals surface area (Å²) in [5.41, 5.74) is 1.63. The van der Waals surface area contributed by atoms with E-state index in [1.54, 1.807) is 0 Å². The standard InChI is InChI=1S/C18H17BrN2O3/c19-15-4-1-3-14(11-15)18(9-2-10-18)12-20-17(22)13-5-7-16(8-6-13)21(23)24/h1,3-8,11H,2,9-10,12H2,(H,20,22). The number of halogens is 1. The molecule has 0 heterocycles. The first kappa shape index (κ1) is 16.6. The molecular formula is C18H17BrN2O3. The maximum absolute atomic E-state index is 12.3. The highest BCUT2D eigenvalue weighted by molar-refractivity contribution is 9.10. The van der Waals surface area contributed by atoms with E-state index in [4.69, 9.17) is 0 Å². The predicted molar refractivity (Wildman–Crippen MR) is 95.1 cm³/mol. The van der Waals surface area contributed by atoms with Crippen molar-refractivity contribution in [2.75, 3.05) is 6.54 Å². The van der Waals surface area contributed by atoms with Gasteiger partial charge in [-0.2, -0.15) is 0 Å². The van der Waals surface area contributed by atoms with Crippen LogP contribution >= 0.6 is 15.9 Å². The number of benzene rings is 2. The van der Waals surface area contributed by atoms with E-state index in [0.29, 0.717) is 12.1 Å². The summed E-state index contributed by atoms with van der Waals surface area (Å²) >= 11 is 3.50. The molecule has 5 nitrogen and oxygen atoms in total. The van der Waals surface area contributed by atoms with Gasteiger partial charge in [0, 0.05) is 34.1 Å². The summed E-state index contributed by atoms with van der Waals surface area (Å²) in [5, 5.41) is 13.7. The van der Waals surface area contributed by atoms with Crippen molar-refractivity contribution in [3.63, 3.8) is 0 Å². The average molecular weight is 389 g/mol. The van der Waals surface area contributed by atoms with E-state index < -0.39 is 4.92 Å². The Hall–Kier alpha value is -2.21. The quantitative estimate of drug-likeness (QED) is 0.615. The van der Waals surface area contributed by atoms with E-state index in [1.807, 2.05) is 12.1 Å². The Labute approximate surface area is 148 Å². The lowest BCUT2D eigenvalue weighted by atomic mass is 9.64. The van der Waals surface area contributed by atoms with Crippen LogP contribution in [-0.2, 0) is 5.41 Å². The fraction of sp³-hybridized carbons (Fsp3) is 0.278. The maximum atomic E-state index is 12.3. The van der Waals surface area contributed by atoms with Crippen LogP contribution < -0.4 is 5.32 Å². The van der Waals surface area contributed by atoms with Gasteiger partial charge in [0.2, 0.25) is 0 Å². The monoisotopic (exact) mass is 388 g/mol. The summed E-state index contributed by atoms with van der Waals surface area (Å²) in [6.45, 7) is 0.569. The number of nitrogens with one attached hydrogen (secondary N) is 1. The molecule has 0 aromatic heterocycles. The molecular weight excluding hydrogens is 372 g/mol. The highest BCUT2D eigenvalue weighted by atomic mass is 79.9. The number of non-ortho nitro benzene ring substituents is 1. The Morgan fingerprint density at radius 2 is 1.92 bits per heavy atom. The van der Waals surface area contributed by atoms with Crippen molar-refractivity contribution >= 4 is 27.5 Å². The summed E-state index contributed by atoms with van der Waals surface area (Å²) < 4.78 is 1.04. The lowest BCUT2D eigenvalue weighted by Gasteiger charge is -2.42. The van der Waals surface area contributed by atoms with Crippen molar-refractivity contribution in [1.82, 2.24) is 5.32 Å². The van der Waals surface area contributed by atoms with Crippen LogP contribution in [0.5, 0.6) is 0 Å². The molecule has 3 rings (SSSR count). The molecule has 0 radical (unpaired) electrons. The van der Waals surface area contributed by atoms with Crippen LogP contribution in [0.4, 0.5) is 5.69 Å². The van der Waals surface area contributed by atoms with Crippen LogP contribution in [0.2, 0.25) is 0 Å². The lowest BCUT2D eigenvalue weighted by molar-refractivity contribution is -0.384. The molecule has 6 heteroatoms. The van der Waals surface area contributed by atoms with Crippen molar-refractivity contribution in [1.29, 1.82) is 0 Å². The summed E-state index contributed by atoms with van der Waals surface area (Å²) in [5.74, 6) is -0.203. The third kappa shape index (κ3) is 3.33. The maximum Gasteiger partial charge on any atom is 0.269 e. The Balaban J connectivity index is 1.69. The Morgan fingerprint density at radius 3 is 2.46 bits per heavy atom. The van der Waals surface area contributed by atoms with E-state index in [0.717, 1.165) is 23.7 Å². The van der Waals surface area contributed by atoms with Crippen LogP contribution in [0.1, 0.15) is 35.2 Å². The van der Waals surface area contributed by atoms with Gasteiger partial charge in [-0.15, -0.1) is 0 Å². The largest absolute Gasteiger partial charge is 0.351 e. The molecule has 2 aromatic carbocycles. The molecule has 1 saturated carbocycles. The van der Waals surface area contributed by atoms with Gasteiger partial charge in [-0.3, -0.25) is 14.9 Å². The van der Waals surface area contributed by atoms with Crippen molar-refractivity contribution in [3.05, 3.63) is 74.2 Å². The Kier molecular flexibility index (Phi) is 4.66. The predicted octanol–water partition coefficient (Wildman–Crippen LogP) is 4.21. The van der Waals surface area contributed by atoms with E-state index in [-0.39, 0.29) is 17.0 Å². The summed E-state index contributed by atoms with van der Waals surface area (Å²) in [4.78, 5) is 22.5. The topological polar surface area (TPSA) is 72.2 Å². The number of hydrogen-bond donors (Lipinski definition) is 1. The second kappa shape index (κ2) is 6.73. The average Bonchev–Trinajstić information content (AvgIpc) is 2.54. The zero-order chi connectivity index (χ0) is 17.2. The molecule has 24 heavy (non-hydrogen) atoms. The fourth-order valence-electron chi connectivity index (χ4n) is 3.08. The number of nitro benzene ring substituents is 1. The third-order valence-electron chi connectivity index (χ3n) is 4.68. The van der Waals surface area contributed by atoms with Gasteiger partial charge in [-0.25, -0.2) is 0 Å². The van der Waals surface area contributed by atoms with Gasteiger partial charge in [0.15, 0.2) is 0 Å². The smallest absolute Gasteiger partial charge is 0.269 e. The lowest BCUT2D eigenvalue weighted by Crippen LogP contribution is -2.45. The molecule has 0 aliphatic heterocycles. The second-order valence-electron chi connectivity index (χ2n) is 6.13. The molecule has 2 aromatic rings. The van der Waals surface area contributed by atoms with Crippen molar-refractivity contribution in [2.24, 2.45) is 0 Å². The molecule has 0 saturated heterocycles. The van der Waals surface area contributed by atoms with Crippen molar-refractivity contribution < 1.29 is 9.72 Å². The molecule has 0 spiro atoms. The first-order valence-electron chi connectivity index (χ1n) is 7.79. The number of rotatable bonds is 5. The number of carbonyl (C=O) groups is 1. The zero-order valence-corrected chi connectivity index (χ0v) is 14.6. The minimum Gasteiger partial charge on any atom is -0.351 e. The molecule has 1 N–H and O–H groups in total. The van der Waals surface area contributed by atoms with Gasteiger partial charge in [0.05, 0.1) is 4.92 Å². The van der Waals surface area contributed by atoms with Gasteiger partial charge in [0.1, 0.15) is 0 Å². The third-order valence-corrected chi connectivity index (χ3v) is 5.17. The highest BCUT2D eigenvalue weighted by Gasteiger charge is 2.39. The molecule has 1 aliphatic carbocycles. The van der Waals surface area contributed by atoms with Crippen LogP contribution in [0.3, 0.4) is 0 Å². The number of amides is 1. The van der Waals surface area contributed by atoms with Crippen LogP contribution in [0.15, 0.2) is 53.0 Å². The molecule has 0 atom stereocenters. The molecule has 1 amide bonds. The Morgan fingerprint density at radius 1 is 1.21 bits per heavy atom. The number of nitrogens with zero attached hydrogens (tertiary/aromatic N) is 1. The van der Waals surface area contributed by atoms with Crippen molar-refractivity contribution in [2.45, 2.75) is 24.7 Å². The number of carbonyl (C=O) groups excluding carboxylic acids is 1. The second-order valence-corrected chi connectivity index (χ2v) is 7.05. The minimum absolute atomic E-state index is 0.0137. The number of hydrogen-bond acceptors (Lipinski definition) is 3. The van der Waals surface area contributed by atoms with Crippen LogP contribution in [0, 0.1) is 10.1 Å². The van der Waals surface area contributed by atoms with Gasteiger partial charge < -0.3 is 5.32 Å². The normalized spacial score (nSPS) is 15.4. The first-order chi connectivity index (χ1) is 11.5. The SMILES string of the molecule is O=C(NCC1(c2cccc(Br)c2)CCC1)c1ccc([N+](=O)[O-])cc1. The van der Waals surface area contributed by atoms with Crippen molar-refractivity contribution in [3.8, 4) is 0 Å². The van der Waals surface area contributed by atoms with Gasteiger partial charge in [-0.05, 0) is 42.7 Å². The van der Waals surface area contributed by atoms with Gasteiger partial charge in [-0.1, -0.05) is 34.5 Å². The van der Waals surface area contributed by atoms with E-state index >= 15 is 0 Å². The van der Waals surface area contributed by atoms with Gasteiger partial charge >= 0.3 is 0 Å². The summed E-state index contributed by atoms with van der Waals surface area (Å²) in [6, 6.07) is 13.9. The number of nitro groups is 1. The van der Waals surface area contributed by atoms with Crippen LogP contribution in [0.25, 0.3) is 0 Å². The van der Waals surface area contributed by atoms with E-state index in [1.165, 1.54) is 29.8 Å². The molecule has 0 unspecified atom stereocenters. The molecule has 1 fully saturated rings. The Bertz CT molecular complexity index is 770. The van der Waals surface area contributed by atoms with Gasteiger partial charge in [0.25, 0.3) is 11.6 Å². The fourth-order valence-corrected chi connectivity index (χ4v) is 3.47. The first-order valence-corrected chi connectivity index (χ1v) is 8.58. The summed E-state index contributed by atoms with van der Waals surface area (Å²) in [6.07, 6.45) is 3.24. The zero-order valence-electron chi connectivity index (χ0n) is 13.0. The molecule has 0 bridgehead atoms. The van der Waals surface area contributed by atoms with E-state index in [2.05, 4.69) is 33.4 Å². The summed E-state index contributed by atoms with van der Waals surface area (Å²) in [7, 11) is 0. The van der Waals surface area contributed by atoms with E-state index in [9.17, 15) is 14.9 Å². The molecule has 1 aliphatic rings. The highest BCUT2D eigenvalue weighted by Crippen LogP contribution is 2.43. The minimum atomic E-state index is -0.474. The van der Waals surface area contributed by atoms with Crippen LogP contribution in [-0.4, -0.2) is 17.4 Å². The molecule has 124 valence electrons.